The summed E-state index contributed by atoms with van der Waals surface area (Å²) in [4.78, 5) is 50.5. The van der Waals surface area contributed by atoms with Crippen molar-refractivity contribution in [3.8, 4) is 5.75 Å². The lowest BCUT2D eigenvalue weighted by molar-refractivity contribution is -0.119. The van der Waals surface area contributed by atoms with Crippen LogP contribution in [0.4, 0.5) is 23.1 Å². The Bertz CT molecular complexity index is 1790. The van der Waals surface area contributed by atoms with Crippen LogP contribution in [-0.4, -0.2) is 82.9 Å². The number of sulfone groups is 1. The molecule has 0 radical (unpaired) electrons. The number of rotatable bonds is 11. The van der Waals surface area contributed by atoms with E-state index in [1.165, 1.54) is 17.2 Å². The maximum absolute atomic E-state index is 13.6. The van der Waals surface area contributed by atoms with Crippen LogP contribution in [0, 0.1) is 0 Å². The van der Waals surface area contributed by atoms with E-state index in [4.69, 9.17) is 22.1 Å². The smallest absolute Gasteiger partial charge is 0.261 e. The molecule has 0 aliphatic carbocycles. The van der Waals surface area contributed by atoms with Crippen LogP contribution in [-0.2, 0) is 14.6 Å². The Morgan fingerprint density at radius 1 is 1.04 bits per heavy atom. The lowest BCUT2D eigenvalue weighted by Crippen LogP contribution is -2.48. The average Bonchev–Trinajstić information content (AvgIpc) is 3.23. The average molecular weight is 670 g/mol. The van der Waals surface area contributed by atoms with E-state index in [-0.39, 0.29) is 51.5 Å². The Balaban J connectivity index is 1.43. The van der Waals surface area contributed by atoms with Gasteiger partial charge < -0.3 is 21.1 Å². The van der Waals surface area contributed by atoms with Gasteiger partial charge in [0.05, 0.1) is 51.5 Å². The van der Waals surface area contributed by atoms with Crippen molar-refractivity contribution in [1.29, 1.82) is 0 Å². The number of fused-ring (bicyclic) bond motifs is 1. The quantitative estimate of drug-likeness (QED) is 0.250. The van der Waals surface area contributed by atoms with Crippen LogP contribution >= 0.6 is 11.6 Å². The number of anilines is 4. The molecule has 2 aliphatic heterocycles. The number of nitrogens with two attached hydrogens (primary N) is 1. The van der Waals surface area contributed by atoms with Gasteiger partial charge in [-0.1, -0.05) is 23.7 Å². The molecular formula is C31H36ClN7O6S. The SMILES string of the molecule is CC(C)Oc1cc2c(cc1Nc1ncc(Cl)c(Nc3ccccc3S(=O)(=O)C(C)C)n1)C(=O)N(C1CCN(CC(N)=O)CC1)C2=O. The molecule has 3 heterocycles. The first-order chi connectivity index (χ1) is 21.8. The predicted molar refractivity (Wildman–Crippen MR) is 174 cm³/mol. The van der Waals surface area contributed by atoms with Crippen molar-refractivity contribution in [2.45, 2.75) is 62.8 Å². The minimum atomic E-state index is -3.62. The highest BCUT2D eigenvalue weighted by Gasteiger charge is 2.42. The molecular weight excluding hydrogens is 634 g/mol. The van der Waals surface area contributed by atoms with E-state index in [9.17, 15) is 22.8 Å². The predicted octanol–water partition coefficient (Wildman–Crippen LogP) is 4.13. The van der Waals surface area contributed by atoms with Gasteiger partial charge in [-0.15, -0.1) is 0 Å². The molecule has 13 nitrogen and oxygen atoms in total. The fraction of sp³-hybridized carbons (Fsp3) is 0.387. The number of likely N-dealkylation sites (tertiary alicyclic amines) is 1. The Morgan fingerprint density at radius 2 is 1.70 bits per heavy atom. The highest BCUT2D eigenvalue weighted by Crippen LogP contribution is 2.38. The lowest BCUT2D eigenvalue weighted by Gasteiger charge is -2.35. The van der Waals surface area contributed by atoms with Crippen molar-refractivity contribution in [2.24, 2.45) is 5.73 Å². The Morgan fingerprint density at radius 3 is 2.33 bits per heavy atom. The van der Waals surface area contributed by atoms with Gasteiger partial charge in [-0.3, -0.25) is 24.2 Å². The lowest BCUT2D eigenvalue weighted by atomic mass is 10.0. The summed E-state index contributed by atoms with van der Waals surface area (Å²) >= 11 is 6.41. The maximum Gasteiger partial charge on any atom is 0.261 e. The third-order valence-electron chi connectivity index (χ3n) is 7.74. The number of piperidine rings is 1. The van der Waals surface area contributed by atoms with Gasteiger partial charge in [0.1, 0.15) is 10.8 Å². The number of carbonyl (C=O) groups excluding carboxylic acids is 3. The van der Waals surface area contributed by atoms with Crippen LogP contribution < -0.4 is 21.1 Å². The molecule has 0 saturated carbocycles. The van der Waals surface area contributed by atoms with Crippen molar-refractivity contribution < 1.29 is 27.5 Å². The van der Waals surface area contributed by atoms with E-state index in [1.54, 1.807) is 44.2 Å². The summed E-state index contributed by atoms with van der Waals surface area (Å²) in [5, 5.41) is 5.60. The summed E-state index contributed by atoms with van der Waals surface area (Å²) in [5.41, 5.74) is 6.41. The highest BCUT2D eigenvalue weighted by molar-refractivity contribution is 7.92. The van der Waals surface area contributed by atoms with E-state index in [2.05, 4.69) is 20.6 Å². The van der Waals surface area contributed by atoms with Gasteiger partial charge in [-0.25, -0.2) is 13.4 Å². The summed E-state index contributed by atoms with van der Waals surface area (Å²) in [6, 6.07) is 9.23. The summed E-state index contributed by atoms with van der Waals surface area (Å²) in [7, 11) is -3.62. The number of carbonyl (C=O) groups is 3. The number of ether oxygens (including phenoxy) is 1. The molecule has 46 heavy (non-hydrogen) atoms. The number of nitrogens with zero attached hydrogens (tertiary/aromatic N) is 4. The molecule has 0 bridgehead atoms. The van der Waals surface area contributed by atoms with Crippen LogP contribution in [0.15, 0.2) is 47.5 Å². The van der Waals surface area contributed by atoms with Crippen molar-refractivity contribution >= 4 is 62.3 Å². The molecule has 1 aromatic heterocycles. The van der Waals surface area contributed by atoms with E-state index in [0.717, 1.165) is 0 Å². The van der Waals surface area contributed by atoms with Gasteiger partial charge in [0, 0.05) is 19.1 Å². The number of aromatic nitrogens is 2. The van der Waals surface area contributed by atoms with E-state index in [0.29, 0.717) is 43.1 Å². The Kier molecular flexibility index (Phi) is 9.52. The number of amides is 3. The number of hydrogen-bond acceptors (Lipinski definition) is 11. The molecule has 0 unspecified atom stereocenters. The maximum atomic E-state index is 13.6. The molecule has 2 aliphatic rings. The second kappa shape index (κ2) is 13.2. The molecule has 2 aromatic carbocycles. The van der Waals surface area contributed by atoms with Crippen LogP contribution in [0.2, 0.25) is 5.02 Å². The third kappa shape index (κ3) is 6.78. The normalized spacial score (nSPS) is 15.8. The fourth-order valence-corrected chi connectivity index (χ4v) is 6.80. The summed E-state index contributed by atoms with van der Waals surface area (Å²) in [6.07, 6.45) is 2.14. The van der Waals surface area contributed by atoms with Crippen molar-refractivity contribution in [1.82, 2.24) is 19.8 Å². The number of halogens is 1. The summed E-state index contributed by atoms with van der Waals surface area (Å²) in [5.74, 6) is -0.700. The number of primary amides is 1. The largest absolute Gasteiger partial charge is 0.489 e. The van der Waals surface area contributed by atoms with Crippen LogP contribution in [0.1, 0.15) is 61.3 Å². The fourth-order valence-electron chi connectivity index (χ4n) is 5.46. The number of para-hydroxylation sites is 1. The Hall–Kier alpha value is -4.27. The summed E-state index contributed by atoms with van der Waals surface area (Å²) in [6.45, 7) is 8.08. The third-order valence-corrected chi connectivity index (χ3v) is 10.2. The van der Waals surface area contributed by atoms with Crippen LogP contribution in [0.3, 0.4) is 0 Å². The molecule has 3 amide bonds. The van der Waals surface area contributed by atoms with Crippen molar-refractivity contribution in [2.75, 3.05) is 30.3 Å². The molecule has 5 rings (SSSR count). The Labute approximate surface area is 272 Å². The molecule has 1 saturated heterocycles. The molecule has 3 aromatic rings. The first kappa shape index (κ1) is 33.1. The van der Waals surface area contributed by atoms with Crippen molar-refractivity contribution in [3.63, 3.8) is 0 Å². The van der Waals surface area contributed by atoms with Gasteiger partial charge in [0.15, 0.2) is 15.7 Å². The van der Waals surface area contributed by atoms with Gasteiger partial charge in [-0.05, 0) is 64.8 Å². The zero-order valence-electron chi connectivity index (χ0n) is 25.9. The highest BCUT2D eigenvalue weighted by atomic mass is 35.5. The first-order valence-electron chi connectivity index (χ1n) is 14.9. The molecule has 15 heteroatoms. The molecule has 0 atom stereocenters. The molecule has 1 fully saturated rings. The number of hydrogen-bond donors (Lipinski definition) is 3. The standard InChI is InChI=1S/C31H36ClN7O6S/c1-17(2)45-25-14-21-20(29(41)39(30(21)42)19-9-11-38(12-10-19)16-27(33)40)13-24(25)36-31-34-15-22(32)28(37-31)35-23-7-5-6-8-26(23)46(43,44)18(3)4/h5-8,13-15,17-19H,9-12,16H2,1-4H3,(H2,33,40)(H2,34,35,36,37). The van der Waals surface area contributed by atoms with Crippen LogP contribution in [0.25, 0.3) is 0 Å². The summed E-state index contributed by atoms with van der Waals surface area (Å²) < 4.78 is 32.0. The second-order valence-electron chi connectivity index (χ2n) is 11.7. The van der Waals surface area contributed by atoms with Gasteiger partial charge in [0.25, 0.3) is 11.8 Å². The molecule has 4 N–H and O–H groups in total. The number of imide groups is 1. The van der Waals surface area contributed by atoms with E-state index >= 15 is 0 Å². The van der Waals surface area contributed by atoms with E-state index < -0.39 is 32.8 Å². The molecule has 244 valence electrons. The number of nitrogens with one attached hydrogen (secondary N) is 2. The first-order valence-corrected chi connectivity index (χ1v) is 16.8. The zero-order valence-corrected chi connectivity index (χ0v) is 27.5. The van der Waals surface area contributed by atoms with Crippen LogP contribution in [0.5, 0.6) is 5.75 Å². The zero-order chi connectivity index (χ0) is 33.3. The minimum absolute atomic E-state index is 0.0834. The van der Waals surface area contributed by atoms with Crippen molar-refractivity contribution in [3.05, 3.63) is 58.7 Å². The van der Waals surface area contributed by atoms with Gasteiger partial charge in [0.2, 0.25) is 11.9 Å². The minimum Gasteiger partial charge on any atom is -0.489 e. The molecule has 0 spiro atoms. The topological polar surface area (TPSA) is 177 Å². The monoisotopic (exact) mass is 669 g/mol. The van der Waals surface area contributed by atoms with E-state index in [1.807, 2.05) is 18.7 Å². The second-order valence-corrected chi connectivity index (χ2v) is 14.6. The van der Waals surface area contributed by atoms with Gasteiger partial charge in [-0.2, -0.15) is 4.98 Å². The number of benzene rings is 2. The van der Waals surface area contributed by atoms with Gasteiger partial charge >= 0.3 is 0 Å².